The van der Waals surface area contributed by atoms with Crippen molar-refractivity contribution in [2.75, 3.05) is 16.2 Å². The molecule has 0 radical (unpaired) electrons. The van der Waals surface area contributed by atoms with E-state index in [-0.39, 0.29) is 27.8 Å². The molecular weight excluding hydrogens is 510 g/mol. The number of nitrogens with zero attached hydrogens (tertiary/aromatic N) is 2. The van der Waals surface area contributed by atoms with Crippen LogP contribution < -0.4 is 19.2 Å². The van der Waals surface area contributed by atoms with Crippen molar-refractivity contribution in [3.05, 3.63) is 80.9 Å². The van der Waals surface area contributed by atoms with Crippen molar-refractivity contribution in [2.45, 2.75) is 17.9 Å². The lowest BCUT2D eigenvalue weighted by Gasteiger charge is -2.34. The molecule has 1 amide bonds. The summed E-state index contributed by atoms with van der Waals surface area (Å²) in [5.41, 5.74) is 2.42. The fourth-order valence-corrected chi connectivity index (χ4v) is 6.41. The number of halogens is 1. The van der Waals surface area contributed by atoms with E-state index in [1.54, 1.807) is 49.5 Å². The second kappa shape index (κ2) is 8.71. The second-order valence-electron chi connectivity index (χ2n) is 8.17. The third-order valence-corrected chi connectivity index (χ3v) is 8.78. The molecule has 11 heteroatoms. The molecule has 1 aliphatic heterocycles. The SMILES string of the molecule is Cc1ccc(S(=O)(=O)N2CC(C(=O)Nc3ccc4c(c3)sc(=O)n4C)Oc3ccc(Cl)cc32)cc1. The molecule has 0 bridgehead atoms. The van der Waals surface area contributed by atoms with E-state index in [1.165, 1.54) is 22.8 Å². The van der Waals surface area contributed by atoms with Gasteiger partial charge in [-0.25, -0.2) is 8.42 Å². The summed E-state index contributed by atoms with van der Waals surface area (Å²) in [7, 11) is -2.32. The number of carbonyl (C=O) groups excluding carboxylic acids is 1. The molecule has 1 N–H and O–H groups in total. The minimum Gasteiger partial charge on any atom is -0.476 e. The van der Waals surface area contributed by atoms with Crippen molar-refractivity contribution >= 4 is 60.5 Å². The zero-order valence-corrected chi connectivity index (χ0v) is 21.1. The van der Waals surface area contributed by atoms with Gasteiger partial charge >= 0.3 is 4.87 Å². The number of nitrogens with one attached hydrogen (secondary N) is 1. The van der Waals surface area contributed by atoms with E-state index in [9.17, 15) is 18.0 Å². The predicted molar refractivity (Wildman–Crippen MR) is 137 cm³/mol. The quantitative estimate of drug-likeness (QED) is 0.428. The van der Waals surface area contributed by atoms with Crippen LogP contribution in [0.1, 0.15) is 5.56 Å². The van der Waals surface area contributed by atoms with Gasteiger partial charge in [0.05, 0.1) is 27.3 Å². The maximum atomic E-state index is 13.5. The van der Waals surface area contributed by atoms with Gasteiger partial charge in [-0.1, -0.05) is 40.6 Å². The van der Waals surface area contributed by atoms with Gasteiger partial charge in [-0.2, -0.15) is 0 Å². The standard InChI is InChI=1S/C24H20ClN3O5S2/c1-14-3-7-17(8-4-14)35(31,32)28-13-21(33-20-10-5-15(25)11-19(20)28)23(29)26-16-6-9-18-22(12-16)34-24(30)27(18)2/h3-12,21H,13H2,1-2H3,(H,26,29). The summed E-state index contributed by atoms with van der Waals surface area (Å²) in [5, 5.41) is 3.12. The minimum atomic E-state index is -4.00. The van der Waals surface area contributed by atoms with Crippen molar-refractivity contribution in [1.29, 1.82) is 0 Å². The molecule has 0 saturated heterocycles. The fourth-order valence-electron chi connectivity index (χ4n) is 3.86. The number of benzene rings is 3. The maximum absolute atomic E-state index is 13.5. The van der Waals surface area contributed by atoms with Crippen LogP contribution in [0.25, 0.3) is 10.2 Å². The summed E-state index contributed by atoms with van der Waals surface area (Å²) in [6, 6.07) is 16.2. The van der Waals surface area contributed by atoms with Gasteiger partial charge in [0.2, 0.25) is 0 Å². The molecule has 0 saturated carbocycles. The van der Waals surface area contributed by atoms with Crippen molar-refractivity contribution < 1.29 is 17.9 Å². The molecule has 1 aliphatic rings. The summed E-state index contributed by atoms with van der Waals surface area (Å²) in [6.07, 6.45) is -1.12. The topological polar surface area (TPSA) is 97.7 Å². The van der Waals surface area contributed by atoms with E-state index < -0.39 is 22.0 Å². The Morgan fingerprint density at radius 3 is 2.60 bits per heavy atom. The molecule has 180 valence electrons. The van der Waals surface area contributed by atoms with E-state index in [2.05, 4.69) is 5.32 Å². The van der Waals surface area contributed by atoms with Crippen LogP contribution >= 0.6 is 22.9 Å². The van der Waals surface area contributed by atoms with Crippen molar-refractivity contribution in [2.24, 2.45) is 7.05 Å². The maximum Gasteiger partial charge on any atom is 0.307 e. The number of carbonyl (C=O) groups is 1. The van der Waals surface area contributed by atoms with Gasteiger partial charge in [0.25, 0.3) is 15.9 Å². The molecule has 1 unspecified atom stereocenters. The Kier molecular flexibility index (Phi) is 5.82. The average molecular weight is 530 g/mol. The minimum absolute atomic E-state index is 0.0968. The lowest BCUT2D eigenvalue weighted by Crippen LogP contribution is -2.48. The van der Waals surface area contributed by atoms with Gasteiger partial charge in [-0.15, -0.1) is 0 Å². The number of ether oxygens (including phenoxy) is 1. The largest absolute Gasteiger partial charge is 0.476 e. The average Bonchev–Trinajstić information content (AvgIpc) is 3.11. The van der Waals surface area contributed by atoms with Crippen LogP contribution in [0.4, 0.5) is 11.4 Å². The van der Waals surface area contributed by atoms with Gasteiger partial charge < -0.3 is 14.6 Å². The normalized spacial score (nSPS) is 15.5. The number of rotatable bonds is 4. The molecule has 2 heterocycles. The third-order valence-electron chi connectivity index (χ3n) is 5.75. The number of hydrogen-bond donors (Lipinski definition) is 1. The Morgan fingerprint density at radius 2 is 1.86 bits per heavy atom. The molecular formula is C24H20ClN3O5S2. The van der Waals surface area contributed by atoms with Gasteiger partial charge in [0.1, 0.15) is 5.75 Å². The van der Waals surface area contributed by atoms with Crippen LogP contribution in [0.2, 0.25) is 5.02 Å². The molecule has 3 aromatic carbocycles. The van der Waals surface area contributed by atoms with E-state index in [1.807, 2.05) is 6.92 Å². The number of anilines is 2. The molecule has 5 rings (SSSR count). The third kappa shape index (κ3) is 4.29. The highest BCUT2D eigenvalue weighted by Crippen LogP contribution is 2.39. The highest BCUT2D eigenvalue weighted by Gasteiger charge is 2.37. The van der Waals surface area contributed by atoms with Crippen LogP contribution in [0.3, 0.4) is 0 Å². The molecule has 0 fully saturated rings. The number of fused-ring (bicyclic) bond motifs is 2. The first-order valence-corrected chi connectivity index (χ1v) is 13.2. The first-order valence-electron chi connectivity index (χ1n) is 10.6. The van der Waals surface area contributed by atoms with Crippen LogP contribution in [0.15, 0.2) is 70.4 Å². The Bertz CT molecular complexity index is 1630. The first kappa shape index (κ1) is 23.4. The predicted octanol–water partition coefficient (Wildman–Crippen LogP) is 4.16. The molecule has 0 spiro atoms. The van der Waals surface area contributed by atoms with Gasteiger partial charge in [-0.05, 0) is 55.5 Å². The summed E-state index contributed by atoms with van der Waals surface area (Å²) in [5.74, 6) is -0.287. The summed E-state index contributed by atoms with van der Waals surface area (Å²) >= 11 is 7.22. The monoisotopic (exact) mass is 529 g/mol. The fraction of sp³-hybridized carbons (Fsp3) is 0.167. The van der Waals surface area contributed by atoms with E-state index >= 15 is 0 Å². The number of aryl methyl sites for hydroxylation is 2. The highest BCUT2D eigenvalue weighted by molar-refractivity contribution is 7.92. The van der Waals surface area contributed by atoms with Crippen LogP contribution in [0, 0.1) is 6.92 Å². The molecule has 35 heavy (non-hydrogen) atoms. The van der Waals surface area contributed by atoms with Crippen molar-refractivity contribution in [3.63, 3.8) is 0 Å². The van der Waals surface area contributed by atoms with Gasteiger partial charge in [-0.3, -0.25) is 13.9 Å². The number of amides is 1. The summed E-state index contributed by atoms with van der Waals surface area (Å²) < 4.78 is 36.4. The summed E-state index contributed by atoms with van der Waals surface area (Å²) in [4.78, 5) is 25.1. The number of aromatic nitrogens is 1. The first-order chi connectivity index (χ1) is 16.6. The smallest absolute Gasteiger partial charge is 0.307 e. The number of thiazole rings is 1. The van der Waals surface area contributed by atoms with Crippen molar-refractivity contribution in [1.82, 2.24) is 4.57 Å². The van der Waals surface area contributed by atoms with Crippen molar-refractivity contribution in [3.8, 4) is 5.75 Å². The zero-order chi connectivity index (χ0) is 24.9. The zero-order valence-electron chi connectivity index (χ0n) is 18.7. The Balaban J connectivity index is 1.47. The number of hydrogen-bond acceptors (Lipinski definition) is 6. The summed E-state index contributed by atoms with van der Waals surface area (Å²) in [6.45, 7) is 1.63. The van der Waals surface area contributed by atoms with E-state index in [4.69, 9.17) is 16.3 Å². The highest BCUT2D eigenvalue weighted by atomic mass is 35.5. The molecule has 4 aromatic rings. The van der Waals surface area contributed by atoms with Crippen LogP contribution in [-0.2, 0) is 21.9 Å². The van der Waals surface area contributed by atoms with E-state index in [0.29, 0.717) is 10.7 Å². The molecule has 1 atom stereocenters. The molecule has 8 nitrogen and oxygen atoms in total. The van der Waals surface area contributed by atoms with Gasteiger partial charge in [0.15, 0.2) is 6.10 Å². The van der Waals surface area contributed by atoms with Gasteiger partial charge in [0, 0.05) is 17.8 Å². The Labute approximate surface area is 210 Å². The lowest BCUT2D eigenvalue weighted by atomic mass is 10.2. The van der Waals surface area contributed by atoms with E-state index in [0.717, 1.165) is 31.4 Å². The lowest BCUT2D eigenvalue weighted by molar-refractivity contribution is -0.122. The number of sulfonamides is 1. The molecule has 0 aliphatic carbocycles. The molecule has 1 aromatic heterocycles. The second-order valence-corrected chi connectivity index (χ2v) is 11.5. The van der Waals surface area contributed by atoms with Crippen LogP contribution in [-0.4, -0.2) is 31.5 Å². The Morgan fingerprint density at radius 1 is 1.11 bits per heavy atom. The van der Waals surface area contributed by atoms with Crippen LogP contribution in [0.5, 0.6) is 5.75 Å². The Hall–Kier alpha value is -3.34.